The van der Waals surface area contributed by atoms with Crippen molar-refractivity contribution in [1.82, 2.24) is 0 Å². The summed E-state index contributed by atoms with van der Waals surface area (Å²) >= 11 is 0. The molecule has 0 atom stereocenters. The summed E-state index contributed by atoms with van der Waals surface area (Å²) in [6.07, 6.45) is 1.75. The van der Waals surface area contributed by atoms with E-state index in [1.165, 1.54) is 0 Å². The summed E-state index contributed by atoms with van der Waals surface area (Å²) in [6.45, 7) is 10.0. The van der Waals surface area contributed by atoms with E-state index in [2.05, 4.69) is 6.58 Å². The summed E-state index contributed by atoms with van der Waals surface area (Å²) in [7, 11) is 0. The molecule has 0 aromatic rings. The topological polar surface area (TPSA) is 23.8 Å². The standard InChI is InChI=1S/C3H6.CN.Pd/c1-3-2;1-2;/h3H,1H2,2H3;;/q;-1;. The normalized spacial score (nSPS) is 2.50. The Labute approximate surface area is 52.3 Å². The van der Waals surface area contributed by atoms with Crippen molar-refractivity contribution < 1.29 is 20.4 Å². The first-order valence-electron chi connectivity index (χ1n) is 1.21. The largest absolute Gasteiger partial charge is 0.512 e. The molecule has 0 rings (SSSR count). The van der Waals surface area contributed by atoms with Crippen molar-refractivity contribution in [1.29, 1.82) is 5.26 Å². The predicted molar refractivity (Wildman–Crippen MR) is 20.8 cm³/mol. The van der Waals surface area contributed by atoms with Crippen molar-refractivity contribution >= 4 is 0 Å². The molecule has 0 bridgehead atoms. The third kappa shape index (κ3) is 2810. The quantitative estimate of drug-likeness (QED) is 0.308. The zero-order chi connectivity index (χ0) is 4.71. The van der Waals surface area contributed by atoms with E-state index in [0.29, 0.717) is 0 Å². The van der Waals surface area contributed by atoms with Crippen LogP contribution in [0.25, 0.3) is 0 Å². The Hall–Kier alpha value is -0.108. The molecule has 0 amide bonds. The molecule has 0 saturated heterocycles. The number of allylic oxidation sites excluding steroid dienone is 1. The maximum atomic E-state index is 6.25. The van der Waals surface area contributed by atoms with E-state index in [1.807, 2.05) is 6.92 Å². The molecule has 6 heavy (non-hydrogen) atoms. The maximum absolute atomic E-state index is 6.25. The molecular formula is C4H6NPd-. The van der Waals surface area contributed by atoms with Crippen molar-refractivity contribution in [3.63, 3.8) is 0 Å². The van der Waals surface area contributed by atoms with Gasteiger partial charge < -0.3 is 11.8 Å². The Morgan fingerprint density at radius 3 is 1.67 bits per heavy atom. The molecule has 0 unspecified atom stereocenters. The summed E-state index contributed by atoms with van der Waals surface area (Å²) in [5, 5.41) is 6.25. The van der Waals surface area contributed by atoms with Gasteiger partial charge in [-0.25, -0.2) is 0 Å². The molecule has 0 radical (unpaired) electrons. The smallest absolute Gasteiger partial charge is 0 e. The predicted octanol–water partition coefficient (Wildman–Crippen LogP) is 1.29. The van der Waals surface area contributed by atoms with E-state index in [-0.39, 0.29) is 20.4 Å². The van der Waals surface area contributed by atoms with Gasteiger partial charge in [0.1, 0.15) is 0 Å². The van der Waals surface area contributed by atoms with Gasteiger partial charge in [0.2, 0.25) is 0 Å². The van der Waals surface area contributed by atoms with Gasteiger partial charge >= 0.3 is 0 Å². The van der Waals surface area contributed by atoms with Crippen LogP contribution in [0.3, 0.4) is 0 Å². The summed E-state index contributed by atoms with van der Waals surface area (Å²) in [5.74, 6) is 0. The average molecular weight is 175 g/mol. The number of rotatable bonds is 0. The number of hydrogen-bond acceptors (Lipinski definition) is 1. The number of nitrogens with zero attached hydrogens (tertiary/aromatic N) is 1. The van der Waals surface area contributed by atoms with Crippen LogP contribution in [-0.4, -0.2) is 0 Å². The van der Waals surface area contributed by atoms with Crippen LogP contribution in [0, 0.1) is 11.8 Å². The molecule has 1 nitrogen and oxygen atoms in total. The fraction of sp³-hybridized carbons (Fsp3) is 0.250. The number of hydrogen-bond donors (Lipinski definition) is 0. The van der Waals surface area contributed by atoms with Gasteiger partial charge in [0, 0.05) is 20.4 Å². The second kappa shape index (κ2) is 93.1. The Kier molecular flexibility index (Phi) is 262. The SMILES string of the molecule is C=CC.[C-]#N.[Pd]. The van der Waals surface area contributed by atoms with E-state index >= 15 is 0 Å². The van der Waals surface area contributed by atoms with Gasteiger partial charge in [0.25, 0.3) is 0 Å². The van der Waals surface area contributed by atoms with E-state index in [0.717, 1.165) is 0 Å². The molecule has 38 valence electrons. The minimum Gasteiger partial charge on any atom is -0.512 e. The zero-order valence-corrected chi connectivity index (χ0v) is 5.10. The molecule has 0 heterocycles. The molecule has 0 aliphatic carbocycles. The molecule has 0 N–H and O–H groups in total. The van der Waals surface area contributed by atoms with Crippen LogP contribution in [0.4, 0.5) is 0 Å². The summed E-state index contributed by atoms with van der Waals surface area (Å²) in [5.41, 5.74) is 0. The minimum atomic E-state index is 0. The Bertz CT molecular complexity index is 31.8. The second-order valence-electron chi connectivity index (χ2n) is 0.408. The summed E-state index contributed by atoms with van der Waals surface area (Å²) in [4.78, 5) is 0. The minimum absolute atomic E-state index is 0. The van der Waals surface area contributed by atoms with E-state index in [4.69, 9.17) is 11.8 Å². The Balaban J connectivity index is -0.0000000275. The molecule has 0 aromatic carbocycles. The summed E-state index contributed by atoms with van der Waals surface area (Å²) in [6, 6.07) is 0. The molecule has 2 heteroatoms. The third-order valence-corrected chi connectivity index (χ3v) is 0. The van der Waals surface area contributed by atoms with Gasteiger partial charge in [-0.1, -0.05) is 6.08 Å². The van der Waals surface area contributed by atoms with Crippen LogP contribution >= 0.6 is 0 Å². The fourth-order valence-electron chi connectivity index (χ4n) is 0. The van der Waals surface area contributed by atoms with Crippen LogP contribution in [0.5, 0.6) is 0 Å². The van der Waals surface area contributed by atoms with Crippen LogP contribution in [0.2, 0.25) is 0 Å². The van der Waals surface area contributed by atoms with Crippen LogP contribution in [-0.2, 0) is 20.4 Å². The molecule has 0 saturated carbocycles. The van der Waals surface area contributed by atoms with Crippen molar-refractivity contribution in [3.05, 3.63) is 19.2 Å². The Morgan fingerprint density at radius 1 is 1.67 bits per heavy atom. The first kappa shape index (κ1) is 16.9. The maximum Gasteiger partial charge on any atom is 0 e. The van der Waals surface area contributed by atoms with Crippen molar-refractivity contribution in [2.24, 2.45) is 0 Å². The van der Waals surface area contributed by atoms with Gasteiger partial charge in [-0.3, -0.25) is 0 Å². The van der Waals surface area contributed by atoms with Crippen molar-refractivity contribution in [2.45, 2.75) is 6.92 Å². The molecule has 0 spiro atoms. The Morgan fingerprint density at radius 2 is 1.67 bits per heavy atom. The van der Waals surface area contributed by atoms with E-state index < -0.39 is 0 Å². The van der Waals surface area contributed by atoms with Gasteiger partial charge in [0.15, 0.2) is 0 Å². The van der Waals surface area contributed by atoms with Crippen molar-refractivity contribution in [3.8, 4) is 0 Å². The second-order valence-corrected chi connectivity index (χ2v) is 0.408. The van der Waals surface area contributed by atoms with Crippen molar-refractivity contribution in [2.75, 3.05) is 0 Å². The molecular weight excluding hydrogens is 168 g/mol. The molecule has 0 aliphatic rings. The van der Waals surface area contributed by atoms with E-state index in [1.54, 1.807) is 6.08 Å². The summed E-state index contributed by atoms with van der Waals surface area (Å²) < 4.78 is 0. The monoisotopic (exact) mass is 174 g/mol. The molecule has 0 fully saturated rings. The average Bonchev–Trinajstić information content (AvgIpc) is 1.46. The van der Waals surface area contributed by atoms with Gasteiger partial charge in [0.05, 0.1) is 0 Å². The van der Waals surface area contributed by atoms with Gasteiger partial charge in [-0.15, -0.1) is 6.58 Å². The van der Waals surface area contributed by atoms with E-state index in [9.17, 15) is 0 Å². The molecule has 0 aliphatic heterocycles. The fourth-order valence-corrected chi connectivity index (χ4v) is 0. The first-order valence-corrected chi connectivity index (χ1v) is 1.21. The van der Waals surface area contributed by atoms with Gasteiger partial charge in [-0.2, -0.15) is 0 Å². The van der Waals surface area contributed by atoms with Crippen LogP contribution < -0.4 is 0 Å². The zero-order valence-electron chi connectivity index (χ0n) is 3.55. The van der Waals surface area contributed by atoms with Crippen LogP contribution in [0.15, 0.2) is 12.7 Å². The molecule has 0 aromatic heterocycles. The first-order chi connectivity index (χ1) is 2.41. The third-order valence-electron chi connectivity index (χ3n) is 0. The van der Waals surface area contributed by atoms with Crippen LogP contribution in [0.1, 0.15) is 6.92 Å². The van der Waals surface area contributed by atoms with Gasteiger partial charge in [-0.05, 0) is 6.92 Å².